The molecule has 0 rings (SSSR count). The van der Waals surface area contributed by atoms with Crippen LogP contribution in [0.3, 0.4) is 0 Å². The van der Waals surface area contributed by atoms with E-state index in [4.69, 9.17) is 5.73 Å². The molecule has 0 heterocycles. The molecule has 0 bridgehead atoms. The monoisotopic (exact) mass is 187 g/mol. The Hall–Kier alpha value is -1.10. The normalized spacial score (nSPS) is 10.1. The van der Waals surface area contributed by atoms with E-state index in [1.165, 1.54) is 0 Å². The van der Waals surface area contributed by atoms with E-state index in [0.29, 0.717) is 6.54 Å². The Morgan fingerprint density at radius 2 is 2.00 bits per heavy atom. The summed E-state index contributed by atoms with van der Waals surface area (Å²) in [5.41, 5.74) is 4.96. The third-order valence-corrected chi connectivity index (χ3v) is 1.41. The second-order valence-corrected chi connectivity index (χ2v) is 2.99. The van der Waals surface area contributed by atoms with Gasteiger partial charge < -0.3 is 11.1 Å². The van der Waals surface area contributed by atoms with Crippen molar-refractivity contribution in [3.63, 3.8) is 0 Å². The van der Waals surface area contributed by atoms with Crippen LogP contribution in [0.5, 0.6) is 0 Å². The second kappa shape index (κ2) is 6.42. The van der Waals surface area contributed by atoms with Crippen molar-refractivity contribution in [2.45, 2.75) is 13.3 Å². The van der Waals surface area contributed by atoms with E-state index in [-0.39, 0.29) is 19.0 Å². The first-order chi connectivity index (χ1) is 6.06. The summed E-state index contributed by atoms with van der Waals surface area (Å²) in [6.07, 6.45) is 0.908. The SMILES string of the molecule is CCCNC(=O)CN(C)CC(N)=O. The van der Waals surface area contributed by atoms with Crippen molar-refractivity contribution >= 4 is 11.8 Å². The van der Waals surface area contributed by atoms with Crippen LogP contribution in [0.4, 0.5) is 0 Å². The summed E-state index contributed by atoms with van der Waals surface area (Å²) in [6, 6.07) is 0. The molecule has 0 spiro atoms. The molecule has 0 radical (unpaired) electrons. The Morgan fingerprint density at radius 1 is 1.38 bits per heavy atom. The Morgan fingerprint density at radius 3 is 2.46 bits per heavy atom. The molecule has 0 atom stereocenters. The van der Waals surface area contributed by atoms with Crippen LogP contribution in [-0.2, 0) is 9.59 Å². The molecule has 76 valence electrons. The minimum Gasteiger partial charge on any atom is -0.369 e. The fraction of sp³-hybridized carbons (Fsp3) is 0.750. The number of rotatable bonds is 6. The number of carbonyl (C=O) groups excluding carboxylic acids is 2. The average Bonchev–Trinajstić information content (AvgIpc) is 1.98. The van der Waals surface area contributed by atoms with Gasteiger partial charge in [0.2, 0.25) is 11.8 Å². The summed E-state index contributed by atoms with van der Waals surface area (Å²) >= 11 is 0. The first kappa shape index (κ1) is 11.9. The Labute approximate surface area is 78.3 Å². The molecule has 5 nitrogen and oxygen atoms in total. The van der Waals surface area contributed by atoms with Crippen LogP contribution in [0.15, 0.2) is 0 Å². The smallest absolute Gasteiger partial charge is 0.234 e. The number of likely N-dealkylation sites (N-methyl/N-ethyl adjacent to an activating group) is 1. The largest absolute Gasteiger partial charge is 0.369 e. The lowest BCUT2D eigenvalue weighted by atomic mass is 10.4. The highest BCUT2D eigenvalue weighted by molar-refractivity contribution is 5.80. The zero-order valence-corrected chi connectivity index (χ0v) is 8.17. The second-order valence-electron chi connectivity index (χ2n) is 2.99. The summed E-state index contributed by atoms with van der Waals surface area (Å²) in [7, 11) is 1.68. The molecule has 3 N–H and O–H groups in total. The number of nitrogens with two attached hydrogens (primary N) is 1. The summed E-state index contributed by atoms with van der Waals surface area (Å²) in [5, 5.41) is 2.70. The lowest BCUT2D eigenvalue weighted by molar-refractivity contribution is -0.123. The van der Waals surface area contributed by atoms with Gasteiger partial charge in [-0.1, -0.05) is 6.92 Å². The average molecular weight is 187 g/mol. The maximum atomic E-state index is 11.1. The fourth-order valence-electron chi connectivity index (χ4n) is 0.887. The summed E-state index contributed by atoms with van der Waals surface area (Å²) < 4.78 is 0. The summed E-state index contributed by atoms with van der Waals surface area (Å²) in [4.78, 5) is 23.1. The molecule has 0 aromatic rings. The number of amides is 2. The molecule has 0 aromatic heterocycles. The molecule has 0 unspecified atom stereocenters. The molecular formula is C8H17N3O2. The molecule has 0 aliphatic carbocycles. The van der Waals surface area contributed by atoms with Crippen molar-refractivity contribution in [1.29, 1.82) is 0 Å². The minimum atomic E-state index is -0.425. The highest BCUT2D eigenvalue weighted by atomic mass is 16.2. The van der Waals surface area contributed by atoms with Gasteiger partial charge in [-0.25, -0.2) is 0 Å². The molecule has 0 fully saturated rings. The van der Waals surface area contributed by atoms with Crippen molar-refractivity contribution < 1.29 is 9.59 Å². The van der Waals surface area contributed by atoms with E-state index in [9.17, 15) is 9.59 Å². The van der Waals surface area contributed by atoms with Crippen LogP contribution in [-0.4, -0.2) is 43.4 Å². The maximum absolute atomic E-state index is 11.1. The zero-order chi connectivity index (χ0) is 10.3. The van der Waals surface area contributed by atoms with Crippen LogP contribution in [0.1, 0.15) is 13.3 Å². The van der Waals surface area contributed by atoms with Crippen LogP contribution in [0, 0.1) is 0 Å². The van der Waals surface area contributed by atoms with Crippen LogP contribution in [0.25, 0.3) is 0 Å². The molecule has 0 aromatic carbocycles. The maximum Gasteiger partial charge on any atom is 0.234 e. The topological polar surface area (TPSA) is 75.4 Å². The number of hydrogen-bond donors (Lipinski definition) is 2. The van der Waals surface area contributed by atoms with Crippen molar-refractivity contribution in [2.75, 3.05) is 26.7 Å². The van der Waals surface area contributed by atoms with Gasteiger partial charge in [-0.05, 0) is 13.5 Å². The van der Waals surface area contributed by atoms with E-state index in [1.54, 1.807) is 11.9 Å². The molecule has 0 saturated heterocycles. The number of carbonyl (C=O) groups is 2. The predicted octanol–water partition coefficient (Wildman–Crippen LogP) is -1.07. The Balaban J connectivity index is 3.59. The lowest BCUT2D eigenvalue weighted by Gasteiger charge is -2.13. The van der Waals surface area contributed by atoms with Crippen LogP contribution in [0.2, 0.25) is 0 Å². The molecular weight excluding hydrogens is 170 g/mol. The van der Waals surface area contributed by atoms with E-state index in [0.717, 1.165) is 6.42 Å². The van der Waals surface area contributed by atoms with E-state index in [2.05, 4.69) is 5.32 Å². The van der Waals surface area contributed by atoms with Gasteiger partial charge in [0.25, 0.3) is 0 Å². The van der Waals surface area contributed by atoms with E-state index < -0.39 is 5.91 Å². The van der Waals surface area contributed by atoms with Gasteiger partial charge in [0.1, 0.15) is 0 Å². The minimum absolute atomic E-state index is 0.0781. The molecule has 13 heavy (non-hydrogen) atoms. The molecule has 0 saturated carbocycles. The third-order valence-electron chi connectivity index (χ3n) is 1.41. The van der Waals surface area contributed by atoms with Crippen molar-refractivity contribution in [3.8, 4) is 0 Å². The standard InChI is InChI=1S/C8H17N3O2/c1-3-4-10-8(13)6-11(2)5-7(9)12/h3-6H2,1-2H3,(H2,9,12)(H,10,13). The first-order valence-electron chi connectivity index (χ1n) is 4.29. The lowest BCUT2D eigenvalue weighted by Crippen LogP contribution is -2.39. The van der Waals surface area contributed by atoms with Gasteiger partial charge in [-0.3, -0.25) is 14.5 Å². The molecule has 0 aliphatic rings. The van der Waals surface area contributed by atoms with Crippen LogP contribution >= 0.6 is 0 Å². The van der Waals surface area contributed by atoms with Crippen molar-refractivity contribution in [1.82, 2.24) is 10.2 Å². The Kier molecular flexibility index (Phi) is 5.88. The number of hydrogen-bond acceptors (Lipinski definition) is 3. The van der Waals surface area contributed by atoms with E-state index >= 15 is 0 Å². The number of primary amides is 1. The van der Waals surface area contributed by atoms with Gasteiger partial charge in [-0.15, -0.1) is 0 Å². The zero-order valence-electron chi connectivity index (χ0n) is 8.17. The molecule has 5 heteroatoms. The van der Waals surface area contributed by atoms with E-state index in [1.807, 2.05) is 6.92 Å². The molecule has 0 aliphatic heterocycles. The van der Waals surface area contributed by atoms with Gasteiger partial charge in [0, 0.05) is 6.54 Å². The molecule has 2 amide bonds. The summed E-state index contributed by atoms with van der Waals surface area (Å²) in [6.45, 7) is 2.97. The fourth-order valence-corrected chi connectivity index (χ4v) is 0.887. The highest BCUT2D eigenvalue weighted by Gasteiger charge is 2.07. The van der Waals surface area contributed by atoms with Gasteiger partial charge in [-0.2, -0.15) is 0 Å². The van der Waals surface area contributed by atoms with Crippen molar-refractivity contribution in [2.24, 2.45) is 5.73 Å². The van der Waals surface area contributed by atoms with Gasteiger partial charge in [0.05, 0.1) is 13.1 Å². The Bertz CT molecular complexity index is 182. The third kappa shape index (κ3) is 7.27. The highest BCUT2D eigenvalue weighted by Crippen LogP contribution is 1.81. The first-order valence-corrected chi connectivity index (χ1v) is 4.29. The van der Waals surface area contributed by atoms with Gasteiger partial charge in [0.15, 0.2) is 0 Å². The predicted molar refractivity (Wildman–Crippen MR) is 50.0 cm³/mol. The van der Waals surface area contributed by atoms with Crippen LogP contribution < -0.4 is 11.1 Å². The quantitative estimate of drug-likeness (QED) is 0.556. The number of nitrogens with zero attached hydrogens (tertiary/aromatic N) is 1. The summed E-state index contributed by atoms with van der Waals surface area (Å²) in [5.74, 6) is -0.503. The van der Waals surface area contributed by atoms with Crippen molar-refractivity contribution in [3.05, 3.63) is 0 Å². The van der Waals surface area contributed by atoms with Gasteiger partial charge >= 0.3 is 0 Å². The number of nitrogens with one attached hydrogen (secondary N) is 1.